The predicted molar refractivity (Wildman–Crippen MR) is 89.9 cm³/mol. The average molecular weight is 326 g/mol. The van der Waals surface area contributed by atoms with E-state index in [0.29, 0.717) is 5.56 Å². The van der Waals surface area contributed by atoms with Crippen LogP contribution in [0.2, 0.25) is 0 Å². The molecule has 0 aromatic heterocycles. The molecular formula is C15H22N2O2S2. The molecule has 0 fully saturated rings. The lowest BCUT2D eigenvalue weighted by Crippen LogP contribution is -2.36. The van der Waals surface area contributed by atoms with Gasteiger partial charge in [-0.3, -0.25) is 0 Å². The van der Waals surface area contributed by atoms with E-state index >= 15 is 0 Å². The van der Waals surface area contributed by atoms with Gasteiger partial charge in [0.1, 0.15) is 0 Å². The van der Waals surface area contributed by atoms with Crippen LogP contribution in [0.15, 0.2) is 23.1 Å². The van der Waals surface area contributed by atoms with Crippen molar-refractivity contribution in [2.24, 2.45) is 5.73 Å². The minimum Gasteiger partial charge on any atom is -0.320 e. The molecule has 0 radical (unpaired) electrons. The summed E-state index contributed by atoms with van der Waals surface area (Å²) in [7, 11) is -1.95. The lowest BCUT2D eigenvalue weighted by molar-refractivity contribution is 0.415. The highest BCUT2D eigenvalue weighted by molar-refractivity contribution is 7.98. The summed E-state index contributed by atoms with van der Waals surface area (Å²) in [6, 6.07) is 5.10. The molecular weight excluding hydrogens is 304 g/mol. The maximum atomic E-state index is 12.8. The molecule has 0 saturated carbocycles. The number of thioether (sulfide) groups is 1. The molecule has 6 heteroatoms. The van der Waals surface area contributed by atoms with E-state index in [-0.39, 0.29) is 17.5 Å². The molecule has 0 amide bonds. The summed E-state index contributed by atoms with van der Waals surface area (Å²) in [5, 5.41) is 0. The summed E-state index contributed by atoms with van der Waals surface area (Å²) in [6.45, 7) is 4.00. The summed E-state index contributed by atoms with van der Waals surface area (Å²) in [5.74, 6) is 6.33. The summed E-state index contributed by atoms with van der Waals surface area (Å²) < 4.78 is 26.9. The summed E-state index contributed by atoms with van der Waals surface area (Å²) in [5.41, 5.74) is 6.86. The molecule has 21 heavy (non-hydrogen) atoms. The van der Waals surface area contributed by atoms with Crippen molar-refractivity contribution in [3.05, 3.63) is 29.3 Å². The van der Waals surface area contributed by atoms with Crippen LogP contribution in [0.3, 0.4) is 0 Å². The molecule has 0 heterocycles. The van der Waals surface area contributed by atoms with Gasteiger partial charge in [0.15, 0.2) is 0 Å². The van der Waals surface area contributed by atoms with Crippen molar-refractivity contribution in [2.75, 3.05) is 25.6 Å². The second kappa shape index (κ2) is 7.85. The van der Waals surface area contributed by atoms with Crippen LogP contribution in [0.4, 0.5) is 0 Å². The fourth-order valence-electron chi connectivity index (χ4n) is 1.85. The summed E-state index contributed by atoms with van der Waals surface area (Å²) >= 11 is 1.62. The van der Waals surface area contributed by atoms with Gasteiger partial charge in [-0.1, -0.05) is 17.9 Å². The van der Waals surface area contributed by atoms with Crippen LogP contribution in [0, 0.1) is 18.8 Å². The number of nitrogens with zero attached hydrogens (tertiary/aromatic N) is 1. The molecule has 1 aromatic carbocycles. The van der Waals surface area contributed by atoms with Gasteiger partial charge < -0.3 is 5.73 Å². The van der Waals surface area contributed by atoms with Gasteiger partial charge in [0.25, 0.3) is 0 Å². The zero-order chi connectivity index (χ0) is 16.0. The number of hydrogen-bond acceptors (Lipinski definition) is 4. The van der Waals surface area contributed by atoms with E-state index in [2.05, 4.69) is 11.8 Å². The number of benzene rings is 1. The minimum atomic E-state index is -3.56. The van der Waals surface area contributed by atoms with Gasteiger partial charge in [0.2, 0.25) is 10.0 Å². The standard InChI is InChI=1S/C15H22N2O2S2/c1-12-7-8-15(14(10-12)6-5-9-16)21(18,19)17(3)13(2)11-20-4/h7-8,10,13H,9,11,16H2,1-4H3. The third kappa shape index (κ3) is 4.48. The Kier molecular flexibility index (Phi) is 6.75. The quantitative estimate of drug-likeness (QED) is 0.836. The van der Waals surface area contributed by atoms with Gasteiger partial charge >= 0.3 is 0 Å². The number of rotatable bonds is 5. The van der Waals surface area contributed by atoms with Crippen molar-refractivity contribution in [1.82, 2.24) is 4.31 Å². The number of aryl methyl sites for hydroxylation is 1. The van der Waals surface area contributed by atoms with Crippen molar-refractivity contribution < 1.29 is 8.42 Å². The zero-order valence-electron chi connectivity index (χ0n) is 12.9. The smallest absolute Gasteiger partial charge is 0.244 e. The molecule has 0 aliphatic heterocycles. The largest absolute Gasteiger partial charge is 0.320 e. The lowest BCUT2D eigenvalue weighted by Gasteiger charge is -2.24. The zero-order valence-corrected chi connectivity index (χ0v) is 14.5. The van der Waals surface area contributed by atoms with Crippen LogP contribution in [-0.2, 0) is 10.0 Å². The molecule has 1 aromatic rings. The molecule has 2 N–H and O–H groups in total. The van der Waals surface area contributed by atoms with Gasteiger partial charge in [0.05, 0.1) is 11.4 Å². The van der Waals surface area contributed by atoms with E-state index < -0.39 is 10.0 Å². The highest BCUT2D eigenvalue weighted by atomic mass is 32.2. The van der Waals surface area contributed by atoms with Crippen molar-refractivity contribution in [3.8, 4) is 11.8 Å². The lowest BCUT2D eigenvalue weighted by atomic mass is 10.1. The van der Waals surface area contributed by atoms with E-state index in [1.54, 1.807) is 37.0 Å². The molecule has 1 unspecified atom stereocenters. The van der Waals surface area contributed by atoms with E-state index in [1.807, 2.05) is 20.1 Å². The van der Waals surface area contributed by atoms with Crippen LogP contribution in [0.1, 0.15) is 18.1 Å². The average Bonchev–Trinajstić information content (AvgIpc) is 2.44. The molecule has 1 rings (SSSR count). The second-order valence-electron chi connectivity index (χ2n) is 4.83. The Morgan fingerprint density at radius 1 is 1.43 bits per heavy atom. The van der Waals surface area contributed by atoms with Gasteiger partial charge in [-0.25, -0.2) is 8.42 Å². The first-order valence-corrected chi connectivity index (χ1v) is 9.44. The van der Waals surface area contributed by atoms with Crippen molar-refractivity contribution in [1.29, 1.82) is 0 Å². The number of nitrogens with two attached hydrogens (primary N) is 1. The molecule has 0 saturated heterocycles. The highest BCUT2D eigenvalue weighted by Gasteiger charge is 2.27. The Morgan fingerprint density at radius 2 is 2.10 bits per heavy atom. The summed E-state index contributed by atoms with van der Waals surface area (Å²) in [4.78, 5) is 0.240. The van der Waals surface area contributed by atoms with Crippen molar-refractivity contribution >= 4 is 21.8 Å². The van der Waals surface area contributed by atoms with Crippen LogP contribution in [-0.4, -0.2) is 44.4 Å². The Hall–Kier alpha value is -1.00. The Labute approximate surface area is 132 Å². The molecule has 0 aliphatic rings. The third-order valence-corrected chi connectivity index (χ3v) is 5.99. The molecule has 0 spiro atoms. The van der Waals surface area contributed by atoms with Crippen molar-refractivity contribution in [2.45, 2.75) is 24.8 Å². The third-order valence-electron chi connectivity index (χ3n) is 3.15. The van der Waals surface area contributed by atoms with E-state index in [9.17, 15) is 8.42 Å². The van der Waals surface area contributed by atoms with Crippen molar-refractivity contribution in [3.63, 3.8) is 0 Å². The molecule has 4 nitrogen and oxygen atoms in total. The van der Waals surface area contributed by atoms with E-state index in [0.717, 1.165) is 11.3 Å². The first-order chi connectivity index (χ1) is 9.84. The van der Waals surface area contributed by atoms with Crippen LogP contribution >= 0.6 is 11.8 Å². The monoisotopic (exact) mass is 326 g/mol. The number of hydrogen-bond donors (Lipinski definition) is 1. The summed E-state index contributed by atoms with van der Waals surface area (Å²) in [6.07, 6.45) is 1.96. The second-order valence-corrected chi connectivity index (χ2v) is 7.71. The molecule has 116 valence electrons. The Bertz CT molecular complexity index is 645. The Morgan fingerprint density at radius 3 is 2.67 bits per heavy atom. The first kappa shape index (κ1) is 18.1. The van der Waals surface area contributed by atoms with Gasteiger partial charge in [0, 0.05) is 24.4 Å². The molecule has 1 atom stereocenters. The fourth-order valence-corrected chi connectivity index (χ4v) is 4.14. The maximum absolute atomic E-state index is 12.8. The van der Waals surface area contributed by atoms with Gasteiger partial charge in [-0.15, -0.1) is 0 Å². The van der Waals surface area contributed by atoms with Crippen LogP contribution in [0.5, 0.6) is 0 Å². The Balaban J connectivity index is 3.31. The fraction of sp³-hybridized carbons (Fsp3) is 0.467. The number of sulfonamides is 1. The maximum Gasteiger partial charge on any atom is 0.244 e. The predicted octanol–water partition coefficient (Wildman–Crippen LogP) is 1.68. The topological polar surface area (TPSA) is 63.4 Å². The highest BCUT2D eigenvalue weighted by Crippen LogP contribution is 2.22. The minimum absolute atomic E-state index is 0.0818. The van der Waals surface area contributed by atoms with E-state index in [4.69, 9.17) is 5.73 Å². The molecule has 0 aliphatic carbocycles. The van der Waals surface area contributed by atoms with Gasteiger partial charge in [-0.05, 0) is 37.8 Å². The van der Waals surface area contributed by atoms with Crippen LogP contribution in [0.25, 0.3) is 0 Å². The van der Waals surface area contributed by atoms with Crippen LogP contribution < -0.4 is 5.73 Å². The van der Waals surface area contributed by atoms with Gasteiger partial charge in [-0.2, -0.15) is 16.1 Å². The van der Waals surface area contributed by atoms with E-state index in [1.165, 1.54) is 4.31 Å². The SMILES string of the molecule is CSCC(C)N(C)S(=O)(=O)c1ccc(C)cc1C#CCN. The first-order valence-electron chi connectivity index (χ1n) is 6.61. The molecule has 0 bridgehead atoms. The normalized spacial score (nSPS) is 12.9.